The molecule has 1 unspecified atom stereocenters. The number of ether oxygens (including phenoxy) is 2. The smallest absolute Gasteiger partial charge is 0.416 e. The van der Waals surface area contributed by atoms with Crippen molar-refractivity contribution < 1.29 is 45.4 Å². The van der Waals surface area contributed by atoms with Crippen LogP contribution in [0.15, 0.2) is 36.4 Å². The number of carbonyl (C=O) groups excluding carboxylic acids is 2. The first-order valence-electron chi connectivity index (χ1n) is 14.6. The zero-order valence-electron chi connectivity index (χ0n) is 25.4. The highest BCUT2D eigenvalue weighted by Crippen LogP contribution is 2.35. The second-order valence-electron chi connectivity index (χ2n) is 11.7. The zero-order chi connectivity index (χ0) is 32.9. The second kappa shape index (κ2) is 14.5. The topological polar surface area (TPSA) is 74.3 Å². The van der Waals surface area contributed by atoms with E-state index in [0.717, 1.165) is 24.7 Å². The van der Waals surface area contributed by atoms with E-state index in [1.54, 1.807) is 18.2 Å². The van der Waals surface area contributed by atoms with Gasteiger partial charge in [0.05, 0.1) is 25.7 Å². The van der Waals surface area contributed by atoms with Crippen LogP contribution in [-0.4, -0.2) is 98.9 Å². The Labute approximate surface area is 258 Å². The molecule has 1 N–H and O–H groups in total. The van der Waals surface area contributed by atoms with E-state index in [9.17, 15) is 35.9 Å². The largest absolute Gasteiger partial charge is 0.469 e. The quantitative estimate of drug-likeness (QED) is 0.284. The van der Waals surface area contributed by atoms with Crippen molar-refractivity contribution in [2.45, 2.75) is 50.7 Å². The van der Waals surface area contributed by atoms with Crippen LogP contribution in [0.4, 0.5) is 32.0 Å². The average molecular weight is 645 g/mol. The van der Waals surface area contributed by atoms with Gasteiger partial charge in [-0.25, -0.2) is 0 Å². The second-order valence-corrected chi connectivity index (χ2v) is 11.7. The first-order chi connectivity index (χ1) is 21.1. The fraction of sp³-hybridized carbons (Fsp3) is 0.548. The number of methoxy groups -OCH3 is 1. The molecule has 0 aromatic heterocycles. The van der Waals surface area contributed by atoms with Crippen LogP contribution < -0.4 is 5.32 Å². The third kappa shape index (κ3) is 9.65. The van der Waals surface area contributed by atoms with Crippen molar-refractivity contribution in [2.24, 2.45) is 0 Å². The molecule has 45 heavy (non-hydrogen) atoms. The Bertz CT molecular complexity index is 1340. The lowest BCUT2D eigenvalue weighted by molar-refractivity contribution is -0.178. The average Bonchev–Trinajstić information content (AvgIpc) is 2.97. The number of halogens is 6. The molecule has 248 valence electrons. The molecular formula is C31H38F6N4O4. The minimum Gasteiger partial charge on any atom is -0.469 e. The molecule has 2 aliphatic rings. The number of rotatable bonds is 10. The molecule has 2 aromatic carbocycles. The van der Waals surface area contributed by atoms with Gasteiger partial charge >= 0.3 is 18.3 Å². The molecule has 0 saturated carbocycles. The Hall–Kier alpha value is -3.20. The van der Waals surface area contributed by atoms with Gasteiger partial charge in [-0.05, 0) is 53.9 Å². The van der Waals surface area contributed by atoms with E-state index < -0.39 is 42.4 Å². The third-order valence-corrected chi connectivity index (χ3v) is 8.20. The fourth-order valence-corrected chi connectivity index (χ4v) is 5.76. The van der Waals surface area contributed by atoms with Gasteiger partial charge in [0.1, 0.15) is 6.61 Å². The predicted octanol–water partition coefficient (Wildman–Crippen LogP) is 5.13. The van der Waals surface area contributed by atoms with Crippen LogP contribution in [0, 0.1) is 0 Å². The summed E-state index contributed by atoms with van der Waals surface area (Å²) < 4.78 is 89.8. The standard InChI is InChI=1S/C31H38F6N4O4/c1-20-15-41(25(14-28(42)44-3)18-45-19-30(32,33)34)17-23-12-21(5-7-26(20)23)29(43)38-24-6-4-22(27(13-24)31(35,36)37)16-40-10-8-39(2)9-11-40/h4-7,12-13,20,25H,8-11,14-19H2,1-3H3,(H,38,43)/t20-,25?/m0/s1. The molecule has 0 radical (unpaired) electrons. The molecule has 2 heterocycles. The summed E-state index contributed by atoms with van der Waals surface area (Å²) in [5.74, 6) is -1.30. The van der Waals surface area contributed by atoms with Crippen molar-refractivity contribution in [1.82, 2.24) is 14.7 Å². The first kappa shape index (κ1) is 34.7. The van der Waals surface area contributed by atoms with Gasteiger partial charge in [-0.15, -0.1) is 0 Å². The summed E-state index contributed by atoms with van der Waals surface area (Å²) in [6, 6.07) is 8.06. The molecule has 0 aliphatic carbocycles. The van der Waals surface area contributed by atoms with Crippen LogP contribution in [0.2, 0.25) is 0 Å². The Morgan fingerprint density at radius 2 is 1.73 bits per heavy atom. The summed E-state index contributed by atoms with van der Waals surface area (Å²) in [5.41, 5.74) is 1.17. The van der Waals surface area contributed by atoms with E-state index in [4.69, 9.17) is 9.47 Å². The van der Waals surface area contributed by atoms with Crippen LogP contribution in [-0.2, 0) is 33.5 Å². The van der Waals surface area contributed by atoms with E-state index in [1.165, 1.54) is 19.2 Å². The number of piperazine rings is 1. The summed E-state index contributed by atoms with van der Waals surface area (Å²) in [6.45, 7) is 3.75. The molecular weight excluding hydrogens is 606 g/mol. The Kier molecular flexibility index (Phi) is 11.2. The van der Waals surface area contributed by atoms with E-state index in [0.29, 0.717) is 25.2 Å². The first-order valence-corrected chi connectivity index (χ1v) is 14.6. The van der Waals surface area contributed by atoms with Crippen molar-refractivity contribution in [2.75, 3.05) is 65.4 Å². The van der Waals surface area contributed by atoms with Gasteiger partial charge in [0.25, 0.3) is 5.91 Å². The zero-order valence-corrected chi connectivity index (χ0v) is 25.4. The van der Waals surface area contributed by atoms with Crippen LogP contribution in [0.25, 0.3) is 0 Å². The molecule has 1 saturated heterocycles. The Morgan fingerprint density at radius 3 is 2.38 bits per heavy atom. The molecule has 8 nitrogen and oxygen atoms in total. The van der Waals surface area contributed by atoms with Crippen molar-refractivity contribution >= 4 is 17.6 Å². The van der Waals surface area contributed by atoms with Crippen LogP contribution >= 0.6 is 0 Å². The van der Waals surface area contributed by atoms with Crippen molar-refractivity contribution in [3.63, 3.8) is 0 Å². The van der Waals surface area contributed by atoms with Gasteiger partial charge in [-0.2, -0.15) is 26.3 Å². The predicted molar refractivity (Wildman–Crippen MR) is 155 cm³/mol. The maximum absolute atomic E-state index is 14.0. The minimum absolute atomic E-state index is 0.00197. The monoisotopic (exact) mass is 644 g/mol. The number of carbonyl (C=O) groups is 2. The van der Waals surface area contributed by atoms with E-state index in [1.807, 2.05) is 23.8 Å². The van der Waals surface area contributed by atoms with Crippen LogP contribution in [0.3, 0.4) is 0 Å². The summed E-state index contributed by atoms with van der Waals surface area (Å²) in [5, 5.41) is 2.57. The van der Waals surface area contributed by atoms with E-state index in [2.05, 4.69) is 10.2 Å². The number of esters is 1. The number of nitrogens with zero attached hydrogens (tertiary/aromatic N) is 3. The molecule has 1 fully saturated rings. The van der Waals surface area contributed by atoms with Gasteiger partial charge in [0.15, 0.2) is 0 Å². The number of anilines is 1. The van der Waals surface area contributed by atoms with Gasteiger partial charge in [0.2, 0.25) is 0 Å². The van der Waals surface area contributed by atoms with Gasteiger partial charge in [-0.1, -0.05) is 19.1 Å². The molecule has 4 rings (SSSR count). The number of hydrogen-bond acceptors (Lipinski definition) is 7. The number of hydrogen-bond donors (Lipinski definition) is 1. The molecule has 0 bridgehead atoms. The summed E-state index contributed by atoms with van der Waals surface area (Å²) in [6.07, 6.45) is -9.33. The molecule has 14 heteroatoms. The lowest BCUT2D eigenvalue weighted by Gasteiger charge is -2.38. The number of alkyl halides is 6. The number of nitrogens with one attached hydrogen (secondary N) is 1. The lowest BCUT2D eigenvalue weighted by atomic mass is 9.88. The minimum atomic E-state index is -4.61. The molecule has 2 aromatic rings. The SMILES string of the molecule is COC(=O)CC(COCC(F)(F)F)N1Cc2cc(C(=O)Nc3ccc(CN4CCN(C)CC4)c(C(F)(F)F)c3)ccc2[C@@H](C)C1. The van der Waals surface area contributed by atoms with E-state index in [-0.39, 0.29) is 48.8 Å². The van der Waals surface area contributed by atoms with Gasteiger partial charge in [-0.3, -0.25) is 19.4 Å². The highest BCUT2D eigenvalue weighted by molar-refractivity contribution is 6.04. The lowest BCUT2D eigenvalue weighted by Crippen LogP contribution is -2.44. The Balaban J connectivity index is 1.49. The van der Waals surface area contributed by atoms with Crippen LogP contribution in [0.1, 0.15) is 51.9 Å². The number of amides is 1. The highest BCUT2D eigenvalue weighted by Gasteiger charge is 2.35. The van der Waals surface area contributed by atoms with Crippen molar-refractivity contribution in [1.29, 1.82) is 0 Å². The number of fused-ring (bicyclic) bond motifs is 1. The maximum Gasteiger partial charge on any atom is 0.416 e. The molecule has 2 atom stereocenters. The van der Waals surface area contributed by atoms with Gasteiger partial charge in [0, 0.05) is 63.1 Å². The highest BCUT2D eigenvalue weighted by atomic mass is 19.4. The van der Waals surface area contributed by atoms with Crippen molar-refractivity contribution in [3.8, 4) is 0 Å². The summed E-state index contributed by atoms with van der Waals surface area (Å²) >= 11 is 0. The summed E-state index contributed by atoms with van der Waals surface area (Å²) in [7, 11) is 3.16. The van der Waals surface area contributed by atoms with Crippen molar-refractivity contribution in [3.05, 3.63) is 64.2 Å². The maximum atomic E-state index is 14.0. The summed E-state index contributed by atoms with van der Waals surface area (Å²) in [4.78, 5) is 31.1. The van der Waals surface area contributed by atoms with Crippen LogP contribution in [0.5, 0.6) is 0 Å². The normalized spacial score (nSPS) is 19.2. The Morgan fingerprint density at radius 1 is 1.02 bits per heavy atom. The molecule has 0 spiro atoms. The number of likely N-dealkylation sites (N-methyl/N-ethyl adjacent to an activating group) is 1. The third-order valence-electron chi connectivity index (χ3n) is 8.20. The molecule has 1 amide bonds. The molecule has 2 aliphatic heterocycles. The van der Waals surface area contributed by atoms with E-state index >= 15 is 0 Å². The fourth-order valence-electron chi connectivity index (χ4n) is 5.76. The number of benzene rings is 2. The van der Waals surface area contributed by atoms with Gasteiger partial charge < -0.3 is 19.7 Å².